The van der Waals surface area contributed by atoms with Crippen LogP contribution in [0.25, 0.3) is 99.0 Å². The van der Waals surface area contributed by atoms with E-state index in [4.69, 9.17) is 9.97 Å². The predicted molar refractivity (Wildman–Crippen MR) is 257 cm³/mol. The zero-order valence-corrected chi connectivity index (χ0v) is 34.6. The summed E-state index contributed by atoms with van der Waals surface area (Å²) in [6.45, 7) is 0. The number of rotatable bonds is 4. The fourth-order valence-corrected chi connectivity index (χ4v) is 13.9. The molecule has 0 amide bonds. The lowest BCUT2D eigenvalue weighted by Gasteiger charge is -2.61. The second-order valence-corrected chi connectivity index (χ2v) is 18.8. The first kappa shape index (κ1) is 34.8. The molecule has 4 bridgehead atoms. The summed E-state index contributed by atoms with van der Waals surface area (Å²) in [7, 11) is 0. The van der Waals surface area contributed by atoms with Crippen LogP contribution in [0.4, 0.5) is 0 Å². The Morgan fingerprint density at radius 2 is 0.919 bits per heavy atom. The highest BCUT2D eigenvalue weighted by atomic mass is 14.7. The number of aromatic nitrogens is 2. The van der Waals surface area contributed by atoms with Crippen LogP contribution >= 0.6 is 0 Å². The molecule has 0 unspecified atom stereocenters. The first-order valence-electron chi connectivity index (χ1n) is 22.7. The van der Waals surface area contributed by atoms with Gasteiger partial charge in [0.2, 0.25) is 0 Å². The lowest BCUT2D eigenvalue weighted by atomic mass is 9.43. The van der Waals surface area contributed by atoms with E-state index in [1.165, 1.54) is 109 Å². The van der Waals surface area contributed by atoms with Crippen LogP contribution < -0.4 is 0 Å². The summed E-state index contributed by atoms with van der Waals surface area (Å²) in [5.74, 6) is 3.42. The molecule has 2 nitrogen and oxygen atoms in total. The first-order valence-corrected chi connectivity index (χ1v) is 22.7. The Kier molecular flexibility index (Phi) is 7.32. The Labute approximate surface area is 362 Å². The van der Waals surface area contributed by atoms with Crippen molar-refractivity contribution in [3.63, 3.8) is 0 Å². The summed E-state index contributed by atoms with van der Waals surface area (Å²) < 4.78 is 0. The molecule has 294 valence electrons. The van der Waals surface area contributed by atoms with Gasteiger partial charge in [0.25, 0.3) is 0 Å². The van der Waals surface area contributed by atoms with Gasteiger partial charge in [0, 0.05) is 28.6 Å². The van der Waals surface area contributed by atoms with Gasteiger partial charge in [0.1, 0.15) is 0 Å². The number of hydrogen-bond acceptors (Lipinski definition) is 2. The molecule has 5 aliphatic carbocycles. The van der Waals surface area contributed by atoms with Gasteiger partial charge in [-0.25, -0.2) is 0 Å². The van der Waals surface area contributed by atoms with Gasteiger partial charge in [0.05, 0.1) is 11.0 Å². The average Bonchev–Trinajstić information content (AvgIpc) is 3.63. The van der Waals surface area contributed by atoms with Crippen LogP contribution in [-0.4, -0.2) is 9.97 Å². The minimum absolute atomic E-state index is 0.181. The van der Waals surface area contributed by atoms with Gasteiger partial charge in [-0.2, -0.15) is 0 Å². The van der Waals surface area contributed by atoms with Gasteiger partial charge in [-0.1, -0.05) is 146 Å². The maximum Gasteiger partial charge on any atom is 0.0970 e. The SMILES string of the molecule is c1cc(-c2ccc(-c3cccc4c3-c3ccccc3C43C4CC5CC(C4)CC3C5)cc2)cc(-c2c3ccccc3c(-c3cc4cccnc4c4ncccc34)c3ccccc23)c1. The summed E-state index contributed by atoms with van der Waals surface area (Å²) in [5.41, 5.74) is 18.3. The van der Waals surface area contributed by atoms with E-state index < -0.39 is 0 Å². The topological polar surface area (TPSA) is 25.8 Å². The van der Waals surface area contributed by atoms with Crippen LogP contribution in [0, 0.1) is 23.7 Å². The van der Waals surface area contributed by atoms with E-state index >= 15 is 0 Å². The molecule has 8 aromatic carbocycles. The van der Waals surface area contributed by atoms with Crippen molar-refractivity contribution >= 4 is 43.4 Å². The summed E-state index contributed by atoms with van der Waals surface area (Å²) in [5, 5.41) is 7.16. The van der Waals surface area contributed by atoms with E-state index in [2.05, 4.69) is 158 Å². The normalized spacial score (nSPS) is 21.9. The summed E-state index contributed by atoms with van der Waals surface area (Å²) in [4.78, 5) is 9.64. The Morgan fingerprint density at radius 1 is 0.355 bits per heavy atom. The molecule has 1 spiro atoms. The van der Waals surface area contributed by atoms with Crippen LogP contribution in [-0.2, 0) is 5.41 Å². The molecule has 2 heterocycles. The molecular weight excluding hydrogens is 749 g/mol. The fraction of sp³-hybridized carbons (Fsp3) is 0.167. The summed E-state index contributed by atoms with van der Waals surface area (Å²) in [6.07, 6.45) is 10.9. The predicted octanol–water partition coefficient (Wildman–Crippen LogP) is 15.5. The van der Waals surface area contributed by atoms with E-state index in [1.54, 1.807) is 11.1 Å². The Morgan fingerprint density at radius 3 is 1.66 bits per heavy atom. The zero-order chi connectivity index (χ0) is 40.5. The van der Waals surface area contributed by atoms with E-state index in [-0.39, 0.29) is 5.41 Å². The summed E-state index contributed by atoms with van der Waals surface area (Å²) in [6, 6.07) is 64.0. The molecule has 2 aromatic heterocycles. The molecule has 2 heteroatoms. The zero-order valence-electron chi connectivity index (χ0n) is 34.6. The van der Waals surface area contributed by atoms with Gasteiger partial charge in [0.15, 0.2) is 0 Å². The molecule has 0 atom stereocenters. The minimum Gasteiger partial charge on any atom is -0.254 e. The standard InChI is InChI=1S/C60H44N2/c1-3-16-48-46(14-1)55(47-15-2-4-17-49(47)56(48)52-35-42-13-9-27-61-58(42)59-50(52)20-10-28-62-59)41-12-7-11-40(34-41)38-23-25-39(26-24-38)45-19-8-22-54-57(45)51-18-5-6-21-53(51)60(54)43-30-36-29-37(32-43)33-44(60)31-36/h1-28,34-37,43-44H,29-33H2. The van der Waals surface area contributed by atoms with Gasteiger partial charge in [-0.3, -0.25) is 9.97 Å². The number of nitrogens with zero attached hydrogens (tertiary/aromatic N) is 2. The van der Waals surface area contributed by atoms with Crippen molar-refractivity contribution in [3.8, 4) is 55.6 Å². The second-order valence-electron chi connectivity index (χ2n) is 18.8. The number of pyridine rings is 2. The van der Waals surface area contributed by atoms with Crippen LogP contribution in [0.5, 0.6) is 0 Å². The molecule has 62 heavy (non-hydrogen) atoms. The maximum absolute atomic E-state index is 4.88. The number of benzene rings is 8. The fourth-order valence-electron chi connectivity index (χ4n) is 13.9. The maximum atomic E-state index is 4.88. The number of fused-ring (bicyclic) bond motifs is 8. The van der Waals surface area contributed by atoms with Crippen molar-refractivity contribution in [2.45, 2.75) is 37.5 Å². The summed E-state index contributed by atoms with van der Waals surface area (Å²) >= 11 is 0. The van der Waals surface area contributed by atoms with Crippen molar-refractivity contribution in [3.05, 3.63) is 193 Å². The molecule has 0 aliphatic heterocycles. The van der Waals surface area contributed by atoms with Crippen molar-refractivity contribution in [2.24, 2.45) is 23.7 Å². The largest absolute Gasteiger partial charge is 0.254 e. The van der Waals surface area contributed by atoms with Crippen molar-refractivity contribution in [2.75, 3.05) is 0 Å². The van der Waals surface area contributed by atoms with Crippen LogP contribution in [0.15, 0.2) is 182 Å². The third-order valence-corrected chi connectivity index (χ3v) is 15.9. The highest BCUT2D eigenvalue weighted by Gasteiger charge is 2.61. The van der Waals surface area contributed by atoms with E-state index in [1.807, 2.05) is 24.5 Å². The smallest absolute Gasteiger partial charge is 0.0970 e. The third kappa shape index (κ3) is 4.76. The highest BCUT2D eigenvalue weighted by molar-refractivity contribution is 6.25. The monoisotopic (exact) mass is 792 g/mol. The van der Waals surface area contributed by atoms with Crippen LogP contribution in [0.1, 0.15) is 43.2 Å². The van der Waals surface area contributed by atoms with E-state index in [0.717, 1.165) is 45.5 Å². The van der Waals surface area contributed by atoms with Gasteiger partial charge >= 0.3 is 0 Å². The second kappa shape index (κ2) is 13.1. The van der Waals surface area contributed by atoms with Crippen LogP contribution in [0.3, 0.4) is 0 Å². The number of hydrogen-bond donors (Lipinski definition) is 0. The third-order valence-electron chi connectivity index (χ3n) is 15.9. The van der Waals surface area contributed by atoms with Crippen molar-refractivity contribution in [1.82, 2.24) is 9.97 Å². The Hall–Kier alpha value is -6.90. The van der Waals surface area contributed by atoms with E-state index in [9.17, 15) is 0 Å². The Bertz CT molecular complexity index is 3400. The van der Waals surface area contributed by atoms with Crippen LogP contribution in [0.2, 0.25) is 0 Å². The molecule has 4 fully saturated rings. The molecule has 10 aromatic rings. The van der Waals surface area contributed by atoms with Crippen molar-refractivity contribution in [1.29, 1.82) is 0 Å². The lowest BCUT2D eigenvalue weighted by molar-refractivity contribution is -0.0399. The quantitative estimate of drug-likeness (QED) is 0.131. The minimum atomic E-state index is 0.181. The van der Waals surface area contributed by atoms with Gasteiger partial charge in [-0.15, -0.1) is 0 Å². The molecule has 0 saturated heterocycles. The average molecular weight is 793 g/mol. The van der Waals surface area contributed by atoms with Gasteiger partial charge < -0.3 is 0 Å². The highest BCUT2D eigenvalue weighted by Crippen LogP contribution is 2.70. The van der Waals surface area contributed by atoms with Crippen molar-refractivity contribution < 1.29 is 0 Å². The first-order chi connectivity index (χ1) is 30.7. The van der Waals surface area contributed by atoms with Gasteiger partial charge in [-0.05, 0) is 168 Å². The molecule has 0 N–H and O–H groups in total. The lowest BCUT2D eigenvalue weighted by Crippen LogP contribution is -2.55. The molecule has 0 radical (unpaired) electrons. The van der Waals surface area contributed by atoms with E-state index in [0.29, 0.717) is 0 Å². The molecule has 15 rings (SSSR count). The Balaban J connectivity index is 0.891. The molecule has 5 aliphatic rings. The molecular formula is C60H44N2. The molecule has 4 saturated carbocycles.